The number of benzene rings is 2. The average Bonchev–Trinajstić information content (AvgIpc) is 3.13. The summed E-state index contributed by atoms with van der Waals surface area (Å²) in [6, 6.07) is 7.03. The topological polar surface area (TPSA) is 90.9 Å². The molecule has 0 bridgehead atoms. The van der Waals surface area contributed by atoms with E-state index in [4.69, 9.17) is 18.3 Å². The van der Waals surface area contributed by atoms with Crippen LogP contribution in [0, 0.1) is 20.8 Å². The first-order chi connectivity index (χ1) is 14.9. The van der Waals surface area contributed by atoms with Gasteiger partial charge >= 0.3 is 5.63 Å². The third-order valence-corrected chi connectivity index (χ3v) is 5.63. The predicted octanol–water partition coefficient (Wildman–Crippen LogP) is 4.42. The maximum atomic E-state index is 12.7. The number of aryl methyl sites for hydroxylation is 3. The average molecular weight is 419 g/mol. The zero-order valence-corrected chi connectivity index (χ0v) is 17.5. The Morgan fingerprint density at radius 1 is 1.00 bits per heavy atom. The number of fused-ring (bicyclic) bond motifs is 4. The van der Waals surface area contributed by atoms with Crippen LogP contribution in [0.4, 0.5) is 5.69 Å². The highest BCUT2D eigenvalue weighted by Gasteiger charge is 2.20. The fourth-order valence-corrected chi connectivity index (χ4v) is 4.16. The molecular formula is C24H21NO6. The van der Waals surface area contributed by atoms with Crippen molar-refractivity contribution in [3.05, 3.63) is 63.2 Å². The van der Waals surface area contributed by atoms with Gasteiger partial charge in [-0.25, -0.2) is 4.79 Å². The van der Waals surface area contributed by atoms with Crippen LogP contribution in [0.5, 0.6) is 11.5 Å². The number of amides is 1. The minimum atomic E-state index is -0.524. The molecule has 0 spiro atoms. The summed E-state index contributed by atoms with van der Waals surface area (Å²) in [4.78, 5) is 25.4. The summed E-state index contributed by atoms with van der Waals surface area (Å²) in [7, 11) is 0. The summed E-state index contributed by atoms with van der Waals surface area (Å²) in [5, 5.41) is 4.53. The molecule has 1 aliphatic heterocycles. The van der Waals surface area contributed by atoms with E-state index < -0.39 is 5.63 Å². The molecule has 4 aromatic rings. The third kappa shape index (κ3) is 3.22. The second-order valence-electron chi connectivity index (χ2n) is 7.77. The molecule has 0 radical (unpaired) electrons. The summed E-state index contributed by atoms with van der Waals surface area (Å²) in [5.41, 5.74) is 4.14. The van der Waals surface area contributed by atoms with E-state index in [0.717, 1.165) is 21.9 Å². The number of hydrogen-bond acceptors (Lipinski definition) is 6. The fraction of sp³-hybridized carbons (Fsp3) is 0.250. The lowest BCUT2D eigenvalue weighted by Gasteiger charge is -2.19. The van der Waals surface area contributed by atoms with Crippen molar-refractivity contribution in [2.24, 2.45) is 0 Å². The first-order valence-corrected chi connectivity index (χ1v) is 10.1. The van der Waals surface area contributed by atoms with Crippen LogP contribution in [-0.2, 0) is 11.2 Å². The van der Waals surface area contributed by atoms with Gasteiger partial charge in [-0.2, -0.15) is 0 Å². The van der Waals surface area contributed by atoms with E-state index in [1.165, 1.54) is 0 Å². The Labute approximate surface area is 177 Å². The van der Waals surface area contributed by atoms with Crippen molar-refractivity contribution in [1.29, 1.82) is 0 Å². The smallest absolute Gasteiger partial charge is 0.340 e. The summed E-state index contributed by atoms with van der Waals surface area (Å²) in [6.07, 6.45) is 1.57. The molecule has 31 heavy (non-hydrogen) atoms. The zero-order valence-electron chi connectivity index (χ0n) is 17.5. The highest BCUT2D eigenvalue weighted by molar-refractivity contribution is 6.07. The van der Waals surface area contributed by atoms with E-state index in [1.807, 2.05) is 26.8 Å². The van der Waals surface area contributed by atoms with Crippen molar-refractivity contribution in [3.8, 4) is 11.5 Å². The molecule has 7 nitrogen and oxygen atoms in total. The Bertz CT molecular complexity index is 1410. The highest BCUT2D eigenvalue weighted by atomic mass is 16.6. The number of carbonyl (C=O) groups excluding carboxylic acids is 1. The quantitative estimate of drug-likeness (QED) is 0.495. The van der Waals surface area contributed by atoms with Gasteiger partial charge in [0.2, 0.25) is 5.91 Å². The maximum Gasteiger partial charge on any atom is 0.340 e. The second-order valence-corrected chi connectivity index (χ2v) is 7.77. The van der Waals surface area contributed by atoms with E-state index in [9.17, 15) is 9.59 Å². The molecule has 1 aliphatic rings. The van der Waals surface area contributed by atoms with Crippen molar-refractivity contribution in [3.63, 3.8) is 0 Å². The molecule has 3 heterocycles. The summed E-state index contributed by atoms with van der Waals surface area (Å²) in [6.45, 7) is 6.70. The summed E-state index contributed by atoms with van der Waals surface area (Å²) in [5.74, 6) is 0.894. The molecular weight excluding hydrogens is 398 g/mol. The summed E-state index contributed by atoms with van der Waals surface area (Å²) >= 11 is 0. The molecule has 7 heteroatoms. The first-order valence-electron chi connectivity index (χ1n) is 10.1. The van der Waals surface area contributed by atoms with Crippen LogP contribution in [0.25, 0.3) is 21.9 Å². The van der Waals surface area contributed by atoms with Crippen molar-refractivity contribution in [1.82, 2.24) is 0 Å². The largest absolute Gasteiger partial charge is 0.486 e. The normalized spacial score (nSPS) is 13.0. The van der Waals surface area contributed by atoms with Crippen LogP contribution in [0.2, 0.25) is 0 Å². The first kappa shape index (κ1) is 19.2. The molecule has 0 unspecified atom stereocenters. The van der Waals surface area contributed by atoms with Crippen LogP contribution < -0.4 is 20.4 Å². The van der Waals surface area contributed by atoms with Gasteiger partial charge in [0.1, 0.15) is 24.4 Å². The number of carbonyl (C=O) groups is 1. The molecule has 0 aliphatic carbocycles. The Kier molecular flexibility index (Phi) is 4.46. The third-order valence-electron chi connectivity index (χ3n) is 5.63. The van der Waals surface area contributed by atoms with E-state index in [0.29, 0.717) is 52.7 Å². The molecule has 158 valence electrons. The van der Waals surface area contributed by atoms with Gasteiger partial charge in [0, 0.05) is 17.1 Å². The standard InChI is InChI=1S/C24H21NO6/c1-12-8-19-22(23-21(12)13(2)11-30-23)14(3)16(24(27)31-19)10-20(26)25-15-4-5-17-18(9-15)29-7-6-28-17/h4-5,8-9,11H,6-7,10H2,1-3H3,(H,25,26). The summed E-state index contributed by atoms with van der Waals surface area (Å²) < 4.78 is 22.4. The lowest BCUT2D eigenvalue weighted by molar-refractivity contribution is -0.115. The number of furan rings is 1. The SMILES string of the molecule is Cc1coc2c1c(C)cc1oc(=O)c(CC(=O)Nc3ccc4c(c3)OCCO4)c(C)c12. The molecule has 2 aromatic heterocycles. The Balaban J connectivity index is 1.50. The molecule has 1 amide bonds. The van der Waals surface area contributed by atoms with Gasteiger partial charge in [-0.15, -0.1) is 0 Å². The van der Waals surface area contributed by atoms with Crippen molar-refractivity contribution in [2.75, 3.05) is 18.5 Å². The second kappa shape index (κ2) is 7.19. The van der Waals surface area contributed by atoms with Gasteiger partial charge in [0.05, 0.1) is 23.6 Å². The van der Waals surface area contributed by atoms with Crippen molar-refractivity contribution < 1.29 is 23.1 Å². The van der Waals surface area contributed by atoms with Gasteiger partial charge in [-0.3, -0.25) is 4.79 Å². The van der Waals surface area contributed by atoms with Gasteiger partial charge in [-0.1, -0.05) is 0 Å². The molecule has 2 aromatic carbocycles. The zero-order chi connectivity index (χ0) is 21.7. The Morgan fingerprint density at radius 2 is 1.77 bits per heavy atom. The van der Waals surface area contributed by atoms with Crippen LogP contribution in [0.1, 0.15) is 22.3 Å². The predicted molar refractivity (Wildman–Crippen MR) is 116 cm³/mol. The lowest BCUT2D eigenvalue weighted by atomic mass is 9.98. The van der Waals surface area contributed by atoms with Gasteiger partial charge in [-0.05, 0) is 55.7 Å². The van der Waals surface area contributed by atoms with Gasteiger partial charge in [0.25, 0.3) is 0 Å². The van der Waals surface area contributed by atoms with Gasteiger partial charge in [0.15, 0.2) is 11.5 Å². The van der Waals surface area contributed by atoms with Crippen molar-refractivity contribution >= 4 is 33.5 Å². The fourth-order valence-electron chi connectivity index (χ4n) is 4.16. The van der Waals surface area contributed by atoms with Crippen molar-refractivity contribution in [2.45, 2.75) is 27.2 Å². The van der Waals surface area contributed by atoms with E-state index in [2.05, 4.69) is 5.32 Å². The monoisotopic (exact) mass is 419 g/mol. The Morgan fingerprint density at radius 3 is 2.58 bits per heavy atom. The Hall–Kier alpha value is -3.74. The number of ether oxygens (including phenoxy) is 2. The van der Waals surface area contributed by atoms with Crippen LogP contribution in [0.15, 0.2) is 44.2 Å². The van der Waals surface area contributed by atoms with E-state index in [1.54, 1.807) is 24.5 Å². The molecule has 1 N–H and O–H groups in total. The molecule has 5 rings (SSSR count). The molecule has 0 fully saturated rings. The number of anilines is 1. The van der Waals surface area contributed by atoms with E-state index in [-0.39, 0.29) is 12.3 Å². The minimum absolute atomic E-state index is 0.117. The van der Waals surface area contributed by atoms with E-state index >= 15 is 0 Å². The van der Waals surface area contributed by atoms with Crippen LogP contribution in [0.3, 0.4) is 0 Å². The highest BCUT2D eigenvalue weighted by Crippen LogP contribution is 2.35. The van der Waals surface area contributed by atoms with Crippen LogP contribution >= 0.6 is 0 Å². The lowest BCUT2D eigenvalue weighted by Crippen LogP contribution is -2.21. The maximum absolute atomic E-state index is 12.7. The van der Waals surface area contributed by atoms with Crippen LogP contribution in [-0.4, -0.2) is 19.1 Å². The van der Waals surface area contributed by atoms with Gasteiger partial charge < -0.3 is 23.6 Å². The molecule has 0 atom stereocenters. The molecule has 0 saturated heterocycles. The number of rotatable bonds is 3. The minimum Gasteiger partial charge on any atom is -0.486 e. The number of hydrogen-bond donors (Lipinski definition) is 1. The molecule has 0 saturated carbocycles. The number of nitrogens with one attached hydrogen (secondary N) is 1.